The summed E-state index contributed by atoms with van der Waals surface area (Å²) >= 11 is 0. The van der Waals surface area contributed by atoms with Crippen molar-refractivity contribution in [2.75, 3.05) is 0 Å². The molecule has 0 aliphatic carbocycles. The van der Waals surface area contributed by atoms with E-state index in [1.54, 1.807) is 6.07 Å². The number of para-hydroxylation sites is 1. The first-order valence-corrected chi connectivity index (χ1v) is 11.1. The molecular weight excluding hydrogens is 504 g/mol. The number of hydrogen-bond donors (Lipinski definition) is 0. The van der Waals surface area contributed by atoms with Crippen LogP contribution in [0.4, 0.5) is 32.0 Å². The lowest BCUT2D eigenvalue weighted by molar-refractivity contribution is -0.385. The lowest BCUT2D eigenvalue weighted by Gasteiger charge is -2.35. The maximum Gasteiger partial charge on any atom is 0.284 e. The van der Waals surface area contributed by atoms with Gasteiger partial charge in [-0.05, 0) is 29.8 Å². The second kappa shape index (κ2) is 9.59. The van der Waals surface area contributed by atoms with Gasteiger partial charge in [0.25, 0.3) is 5.69 Å². The van der Waals surface area contributed by atoms with E-state index in [0.717, 1.165) is 6.07 Å². The number of nitro groups is 1. The van der Waals surface area contributed by atoms with Crippen LogP contribution in [0.3, 0.4) is 0 Å². The van der Waals surface area contributed by atoms with E-state index < -0.39 is 67.8 Å². The highest BCUT2D eigenvalue weighted by Crippen LogP contribution is 2.48. The fourth-order valence-corrected chi connectivity index (χ4v) is 4.91. The zero-order chi connectivity index (χ0) is 26.2. The van der Waals surface area contributed by atoms with Crippen LogP contribution in [0.2, 0.25) is 0 Å². The topological polar surface area (TPSA) is 52.4 Å². The smallest absolute Gasteiger partial charge is 0.284 e. The van der Waals surface area contributed by atoms with Gasteiger partial charge in [0.05, 0.1) is 16.1 Å². The van der Waals surface area contributed by atoms with E-state index in [1.165, 1.54) is 36.4 Å². The summed E-state index contributed by atoms with van der Waals surface area (Å²) < 4.78 is 91.4. The lowest BCUT2D eigenvalue weighted by Crippen LogP contribution is -2.34. The quantitative estimate of drug-likeness (QED) is 0.0822. The molecule has 0 bridgehead atoms. The molecule has 36 heavy (non-hydrogen) atoms. The molecule has 0 radical (unpaired) electrons. The third-order valence-corrected chi connectivity index (χ3v) is 6.39. The molecule has 0 aromatic heterocycles. The lowest BCUT2D eigenvalue weighted by atomic mass is 9.78. The molecule has 0 amide bonds. The molecule has 0 heterocycles. The Morgan fingerprint density at radius 1 is 0.667 bits per heavy atom. The van der Waals surface area contributed by atoms with Crippen LogP contribution in [0.15, 0.2) is 72.8 Å². The number of halogens is 6. The standard InChI is InChI=1S/C25H15F6NO3Si/c26-18-11-22(30)20(28)9-15(18)14-7-4-8-16(24(14)32(33)34)25(35-36,13-5-2-1-3-6-13)17-10-21(29)23(31)12-19(17)27/h1-12H,36H3. The Morgan fingerprint density at radius 3 is 1.86 bits per heavy atom. The van der Waals surface area contributed by atoms with Crippen molar-refractivity contribution in [2.24, 2.45) is 0 Å². The van der Waals surface area contributed by atoms with E-state index >= 15 is 4.39 Å². The monoisotopic (exact) mass is 519 g/mol. The molecule has 0 fully saturated rings. The van der Waals surface area contributed by atoms with Crippen LogP contribution in [-0.2, 0) is 10.0 Å². The van der Waals surface area contributed by atoms with Crippen molar-refractivity contribution < 1.29 is 35.7 Å². The maximum atomic E-state index is 15.2. The summed E-state index contributed by atoms with van der Waals surface area (Å²) in [4.78, 5) is 11.4. The Labute approximate surface area is 203 Å². The first-order valence-electron chi connectivity index (χ1n) is 10.3. The minimum absolute atomic E-state index is 0.121. The molecule has 4 rings (SSSR count). The minimum atomic E-state index is -2.18. The number of hydrogen-bond acceptors (Lipinski definition) is 3. The molecule has 0 aliphatic heterocycles. The SMILES string of the molecule is O=[N+]([O-])c1c(-c2cc(F)c(F)cc2F)cccc1C(O[SiH3])(c1ccccc1)c1cc(F)c(F)cc1F. The average Bonchev–Trinajstić information content (AvgIpc) is 2.85. The Bertz CT molecular complexity index is 1480. The first-order chi connectivity index (χ1) is 17.1. The van der Waals surface area contributed by atoms with Crippen molar-refractivity contribution >= 4 is 16.2 Å². The van der Waals surface area contributed by atoms with E-state index in [9.17, 15) is 32.1 Å². The number of rotatable bonds is 6. The van der Waals surface area contributed by atoms with E-state index in [2.05, 4.69) is 0 Å². The van der Waals surface area contributed by atoms with E-state index in [-0.39, 0.29) is 33.7 Å². The fourth-order valence-electron chi connectivity index (χ4n) is 4.23. The molecule has 11 heteroatoms. The van der Waals surface area contributed by atoms with Crippen LogP contribution in [0.5, 0.6) is 0 Å². The molecule has 0 aliphatic rings. The van der Waals surface area contributed by atoms with Gasteiger partial charge >= 0.3 is 0 Å². The van der Waals surface area contributed by atoms with Crippen LogP contribution >= 0.6 is 0 Å². The molecule has 1 unspecified atom stereocenters. The molecule has 4 aromatic rings. The number of nitro benzene ring substituents is 1. The van der Waals surface area contributed by atoms with Crippen LogP contribution in [0.25, 0.3) is 11.1 Å². The first kappa shape index (κ1) is 25.1. The van der Waals surface area contributed by atoms with Gasteiger partial charge in [0.2, 0.25) is 0 Å². The van der Waals surface area contributed by atoms with Crippen LogP contribution in [0.1, 0.15) is 16.7 Å². The predicted octanol–water partition coefficient (Wildman–Crippen LogP) is 5.69. The highest BCUT2D eigenvalue weighted by atomic mass is 28.2. The molecular formula is C25H15F6NO3Si. The Balaban J connectivity index is 2.17. The van der Waals surface area contributed by atoms with Crippen molar-refractivity contribution in [1.82, 2.24) is 0 Å². The molecule has 4 aromatic carbocycles. The van der Waals surface area contributed by atoms with Gasteiger partial charge in [-0.2, -0.15) is 0 Å². The van der Waals surface area contributed by atoms with Crippen molar-refractivity contribution in [1.29, 1.82) is 0 Å². The van der Waals surface area contributed by atoms with Crippen molar-refractivity contribution in [2.45, 2.75) is 5.60 Å². The predicted molar refractivity (Wildman–Crippen MR) is 122 cm³/mol. The van der Waals surface area contributed by atoms with Gasteiger partial charge in [-0.25, -0.2) is 26.3 Å². The molecule has 0 spiro atoms. The average molecular weight is 519 g/mol. The van der Waals surface area contributed by atoms with Crippen molar-refractivity contribution in [3.8, 4) is 11.1 Å². The fraction of sp³-hybridized carbons (Fsp3) is 0.0400. The number of benzene rings is 4. The molecule has 4 nitrogen and oxygen atoms in total. The molecule has 0 saturated heterocycles. The summed E-state index contributed by atoms with van der Waals surface area (Å²) in [6.07, 6.45) is 0. The molecule has 0 saturated carbocycles. The van der Waals surface area contributed by atoms with Gasteiger partial charge < -0.3 is 4.43 Å². The summed E-state index contributed by atoms with van der Waals surface area (Å²) in [5.41, 5.74) is -4.92. The van der Waals surface area contributed by atoms with Gasteiger partial charge in [0.15, 0.2) is 23.3 Å². The van der Waals surface area contributed by atoms with E-state index in [0.29, 0.717) is 12.1 Å². The van der Waals surface area contributed by atoms with Crippen LogP contribution in [0, 0.1) is 45.0 Å². The van der Waals surface area contributed by atoms with Crippen molar-refractivity contribution in [3.63, 3.8) is 0 Å². The third kappa shape index (κ3) is 4.05. The number of nitrogens with zero attached hydrogens (tertiary/aromatic N) is 1. The summed E-state index contributed by atoms with van der Waals surface area (Å²) in [7, 11) is -0.187. The highest BCUT2D eigenvalue weighted by molar-refractivity contribution is 5.99. The molecule has 184 valence electrons. The largest absolute Gasteiger partial charge is 0.411 e. The summed E-state index contributed by atoms with van der Waals surface area (Å²) in [5.74, 6) is -8.42. The van der Waals surface area contributed by atoms with Crippen molar-refractivity contribution in [3.05, 3.63) is 135 Å². The van der Waals surface area contributed by atoms with E-state index in [1.807, 2.05) is 0 Å². The highest BCUT2D eigenvalue weighted by Gasteiger charge is 2.44. The van der Waals surface area contributed by atoms with E-state index in [4.69, 9.17) is 4.43 Å². The summed E-state index contributed by atoms with van der Waals surface area (Å²) in [5, 5.41) is 12.4. The zero-order valence-electron chi connectivity index (χ0n) is 18.4. The Morgan fingerprint density at radius 2 is 1.25 bits per heavy atom. The van der Waals surface area contributed by atoms with Crippen LogP contribution in [-0.4, -0.2) is 15.4 Å². The van der Waals surface area contributed by atoms with Gasteiger partial charge in [-0.3, -0.25) is 10.1 Å². The second-order valence-electron chi connectivity index (χ2n) is 7.70. The summed E-state index contributed by atoms with van der Waals surface area (Å²) in [6.45, 7) is 0. The Hall–Kier alpha value is -3.96. The zero-order valence-corrected chi connectivity index (χ0v) is 20.4. The second-order valence-corrected chi connectivity index (χ2v) is 8.11. The van der Waals surface area contributed by atoms with Gasteiger partial charge in [-0.15, -0.1) is 0 Å². The van der Waals surface area contributed by atoms with Gasteiger partial charge in [-0.1, -0.05) is 36.4 Å². The summed E-state index contributed by atoms with van der Waals surface area (Å²) in [6, 6.07) is 12.6. The normalized spacial score (nSPS) is 12.9. The van der Waals surface area contributed by atoms with Crippen LogP contribution < -0.4 is 0 Å². The minimum Gasteiger partial charge on any atom is -0.411 e. The molecule has 0 N–H and O–H groups in total. The van der Waals surface area contributed by atoms with Gasteiger partial charge in [0, 0.05) is 23.3 Å². The maximum absolute atomic E-state index is 15.2. The molecule has 1 atom stereocenters. The Kier molecular flexibility index (Phi) is 6.70. The third-order valence-electron chi connectivity index (χ3n) is 5.77. The van der Waals surface area contributed by atoms with Gasteiger partial charge in [0.1, 0.15) is 27.7 Å².